The van der Waals surface area contributed by atoms with E-state index in [1.165, 1.54) is 37.3 Å². The van der Waals surface area contributed by atoms with E-state index in [0.29, 0.717) is 11.5 Å². The summed E-state index contributed by atoms with van der Waals surface area (Å²) in [7, 11) is -1.26. The predicted octanol–water partition coefficient (Wildman–Crippen LogP) is 4.15. The van der Waals surface area contributed by atoms with Crippen molar-refractivity contribution < 1.29 is 27.5 Å². The van der Waals surface area contributed by atoms with Gasteiger partial charge in [-0.2, -0.15) is 0 Å². The Morgan fingerprint density at radius 3 is 2.08 bits per heavy atom. The van der Waals surface area contributed by atoms with Gasteiger partial charge in [-0.15, -0.1) is 0 Å². The lowest BCUT2D eigenvalue weighted by atomic mass is 10.1. The van der Waals surface area contributed by atoms with Gasteiger partial charge in [-0.3, -0.25) is 13.9 Å². The fourth-order valence-corrected chi connectivity index (χ4v) is 5.53. The summed E-state index contributed by atoms with van der Waals surface area (Å²) >= 11 is 0. The molecule has 0 saturated heterocycles. The Morgan fingerprint density at radius 1 is 0.875 bits per heavy atom. The number of nitrogens with zero attached hydrogens (tertiary/aromatic N) is 2. The Hall–Kier alpha value is -4.05. The molecule has 1 unspecified atom stereocenters. The van der Waals surface area contributed by atoms with Crippen LogP contribution in [0.5, 0.6) is 11.5 Å². The lowest BCUT2D eigenvalue weighted by Gasteiger charge is -2.32. The van der Waals surface area contributed by atoms with Crippen molar-refractivity contribution in [3.63, 3.8) is 0 Å². The lowest BCUT2D eigenvalue weighted by Crippen LogP contribution is -2.52. The van der Waals surface area contributed by atoms with Crippen molar-refractivity contribution in [3.8, 4) is 11.5 Å². The number of hydrogen-bond donors (Lipinski definition) is 1. The quantitative estimate of drug-likeness (QED) is 0.353. The molecule has 10 heteroatoms. The number of benzene rings is 3. The number of rotatable bonds is 12. The summed E-state index contributed by atoms with van der Waals surface area (Å²) in [5.74, 6) is -0.156. The molecular weight excluding hydrogens is 530 g/mol. The van der Waals surface area contributed by atoms with Crippen LogP contribution in [-0.4, -0.2) is 58.0 Å². The van der Waals surface area contributed by atoms with E-state index in [1.54, 1.807) is 37.3 Å². The molecule has 0 fully saturated rings. The highest BCUT2D eigenvalue weighted by atomic mass is 32.2. The molecule has 0 bridgehead atoms. The van der Waals surface area contributed by atoms with Crippen molar-refractivity contribution in [2.45, 2.75) is 51.2 Å². The van der Waals surface area contributed by atoms with Crippen LogP contribution in [0.3, 0.4) is 0 Å². The molecule has 9 nitrogen and oxygen atoms in total. The average Bonchev–Trinajstić information content (AvgIpc) is 2.94. The first-order valence-electron chi connectivity index (χ1n) is 12.9. The van der Waals surface area contributed by atoms with Gasteiger partial charge in [0.15, 0.2) is 11.5 Å². The van der Waals surface area contributed by atoms with Gasteiger partial charge in [0.2, 0.25) is 11.8 Å². The van der Waals surface area contributed by atoms with E-state index in [-0.39, 0.29) is 29.1 Å². The second kappa shape index (κ2) is 13.3. The van der Waals surface area contributed by atoms with Crippen molar-refractivity contribution in [1.29, 1.82) is 0 Å². The topological polar surface area (TPSA) is 105 Å². The van der Waals surface area contributed by atoms with Crippen LogP contribution in [0.25, 0.3) is 0 Å². The van der Waals surface area contributed by atoms with Gasteiger partial charge in [-0.1, -0.05) is 48.0 Å². The zero-order chi connectivity index (χ0) is 29.4. The van der Waals surface area contributed by atoms with Crippen LogP contribution >= 0.6 is 0 Å². The second-order valence-electron chi connectivity index (χ2n) is 9.71. The maximum atomic E-state index is 14.0. The normalized spacial score (nSPS) is 12.0. The minimum atomic E-state index is -4.18. The molecule has 40 heavy (non-hydrogen) atoms. The first-order chi connectivity index (χ1) is 19.0. The highest BCUT2D eigenvalue weighted by Crippen LogP contribution is 2.34. The molecule has 0 spiro atoms. The first-order valence-corrected chi connectivity index (χ1v) is 14.4. The molecule has 0 heterocycles. The molecule has 0 radical (unpaired) electrons. The summed E-state index contributed by atoms with van der Waals surface area (Å²) in [6, 6.07) is 19.1. The van der Waals surface area contributed by atoms with Gasteiger partial charge in [0.1, 0.15) is 12.6 Å². The Morgan fingerprint density at radius 2 is 1.50 bits per heavy atom. The molecule has 3 aromatic rings. The molecular formula is C30H37N3O6S. The second-order valence-corrected chi connectivity index (χ2v) is 11.6. The number of hydrogen-bond acceptors (Lipinski definition) is 6. The SMILES string of the molecule is COc1ccc(N(CC(=O)N(Cc2ccc(C)cc2)C(C)C(=O)NC(C)C)S(=O)(=O)c2ccccc2)cc1OC. The number of carbonyl (C=O) groups excluding carboxylic acids is 2. The summed E-state index contributed by atoms with van der Waals surface area (Å²) < 4.78 is 39.5. The van der Waals surface area contributed by atoms with E-state index in [2.05, 4.69) is 5.32 Å². The molecule has 2 amide bonds. The lowest BCUT2D eigenvalue weighted by molar-refractivity contribution is -0.139. The molecule has 3 aromatic carbocycles. The van der Waals surface area contributed by atoms with Gasteiger partial charge >= 0.3 is 0 Å². The number of methoxy groups -OCH3 is 2. The van der Waals surface area contributed by atoms with Gasteiger partial charge in [0.05, 0.1) is 24.8 Å². The first kappa shape index (κ1) is 30.5. The monoisotopic (exact) mass is 567 g/mol. The fourth-order valence-electron chi connectivity index (χ4n) is 4.11. The Balaban J connectivity index is 2.07. The van der Waals surface area contributed by atoms with Crippen molar-refractivity contribution in [1.82, 2.24) is 10.2 Å². The summed E-state index contributed by atoms with van der Waals surface area (Å²) in [6.45, 7) is 6.84. The van der Waals surface area contributed by atoms with Crippen LogP contribution in [0, 0.1) is 6.92 Å². The van der Waals surface area contributed by atoms with Gasteiger partial charge in [-0.25, -0.2) is 8.42 Å². The molecule has 214 valence electrons. The van der Waals surface area contributed by atoms with Crippen LogP contribution in [0.4, 0.5) is 5.69 Å². The third kappa shape index (κ3) is 7.32. The maximum absolute atomic E-state index is 14.0. The Bertz CT molecular complexity index is 1410. The molecule has 0 saturated carbocycles. The Labute approximate surface area is 236 Å². The predicted molar refractivity (Wildman–Crippen MR) is 155 cm³/mol. The van der Waals surface area contributed by atoms with Crippen molar-refractivity contribution in [2.24, 2.45) is 0 Å². The largest absolute Gasteiger partial charge is 0.493 e. The molecule has 0 aliphatic rings. The standard InChI is InChI=1S/C30H37N3O6S/c1-21(2)31-30(35)23(4)32(19-24-14-12-22(3)13-15-24)29(34)20-33(40(36,37)26-10-8-7-9-11-26)25-16-17-27(38-5)28(18-25)39-6/h7-18,21,23H,19-20H2,1-6H3,(H,31,35). The number of ether oxygens (including phenoxy) is 2. The molecule has 0 aromatic heterocycles. The highest BCUT2D eigenvalue weighted by molar-refractivity contribution is 7.92. The molecule has 1 atom stereocenters. The van der Waals surface area contributed by atoms with Crippen molar-refractivity contribution in [2.75, 3.05) is 25.1 Å². The van der Waals surface area contributed by atoms with Crippen LogP contribution in [0.2, 0.25) is 0 Å². The third-order valence-electron chi connectivity index (χ3n) is 6.34. The van der Waals surface area contributed by atoms with Gasteiger partial charge in [0, 0.05) is 18.7 Å². The van der Waals surface area contributed by atoms with Crippen molar-refractivity contribution >= 4 is 27.5 Å². The minimum Gasteiger partial charge on any atom is -0.493 e. The summed E-state index contributed by atoms with van der Waals surface area (Å²) in [6.07, 6.45) is 0. The summed E-state index contributed by atoms with van der Waals surface area (Å²) in [5.41, 5.74) is 2.08. The number of amides is 2. The average molecular weight is 568 g/mol. The number of sulfonamides is 1. The van der Waals surface area contributed by atoms with Crippen LogP contribution in [0.15, 0.2) is 77.7 Å². The van der Waals surface area contributed by atoms with Crippen LogP contribution in [0.1, 0.15) is 31.9 Å². The third-order valence-corrected chi connectivity index (χ3v) is 8.13. The van der Waals surface area contributed by atoms with E-state index in [9.17, 15) is 18.0 Å². The molecule has 1 N–H and O–H groups in total. The zero-order valence-corrected chi connectivity index (χ0v) is 24.6. The van der Waals surface area contributed by atoms with E-state index >= 15 is 0 Å². The van der Waals surface area contributed by atoms with E-state index in [0.717, 1.165) is 15.4 Å². The van der Waals surface area contributed by atoms with Gasteiger partial charge < -0.3 is 19.7 Å². The van der Waals surface area contributed by atoms with Crippen LogP contribution in [-0.2, 0) is 26.2 Å². The number of nitrogens with one attached hydrogen (secondary N) is 1. The fraction of sp³-hybridized carbons (Fsp3) is 0.333. The van der Waals surface area contributed by atoms with E-state index in [1.807, 2.05) is 45.0 Å². The number of anilines is 1. The van der Waals surface area contributed by atoms with Gasteiger partial charge in [0.25, 0.3) is 10.0 Å². The molecule has 3 rings (SSSR count). The number of carbonyl (C=O) groups is 2. The summed E-state index contributed by atoms with van der Waals surface area (Å²) in [5, 5.41) is 2.85. The van der Waals surface area contributed by atoms with E-state index in [4.69, 9.17) is 9.47 Å². The zero-order valence-electron chi connectivity index (χ0n) is 23.7. The molecule has 0 aliphatic carbocycles. The van der Waals surface area contributed by atoms with E-state index < -0.39 is 28.5 Å². The minimum absolute atomic E-state index is 0.0215. The van der Waals surface area contributed by atoms with Crippen molar-refractivity contribution in [3.05, 3.63) is 83.9 Å². The smallest absolute Gasteiger partial charge is 0.264 e. The molecule has 0 aliphatic heterocycles. The highest BCUT2D eigenvalue weighted by Gasteiger charge is 2.33. The number of aryl methyl sites for hydroxylation is 1. The Kier molecular flexibility index (Phi) is 10.2. The van der Waals surface area contributed by atoms with Gasteiger partial charge in [-0.05, 0) is 57.5 Å². The summed E-state index contributed by atoms with van der Waals surface area (Å²) in [4.78, 5) is 28.4. The maximum Gasteiger partial charge on any atom is 0.264 e. The van der Waals surface area contributed by atoms with Crippen LogP contribution < -0.4 is 19.1 Å².